The lowest BCUT2D eigenvalue weighted by atomic mass is 10.2. The number of nitrogens with one attached hydrogen (secondary N) is 1. The van der Waals surface area contributed by atoms with Gasteiger partial charge in [0.2, 0.25) is 0 Å². The van der Waals surface area contributed by atoms with Gasteiger partial charge in [-0.15, -0.1) is 0 Å². The van der Waals surface area contributed by atoms with Crippen molar-refractivity contribution < 1.29 is 4.74 Å². The smallest absolute Gasteiger partial charge is 0.0462 e. The Bertz CT molecular complexity index is 122. The van der Waals surface area contributed by atoms with Crippen LogP contribution >= 0.6 is 11.8 Å². The molecule has 0 aromatic rings. The molecule has 0 saturated heterocycles. The van der Waals surface area contributed by atoms with Gasteiger partial charge in [0.15, 0.2) is 0 Å². The third-order valence-corrected chi connectivity index (χ3v) is 3.96. The lowest BCUT2D eigenvalue weighted by Crippen LogP contribution is -2.28. The Balaban J connectivity index is 3.47. The number of ether oxygens (including phenoxy) is 1. The highest BCUT2D eigenvalue weighted by Crippen LogP contribution is 2.16. The zero-order valence-corrected chi connectivity index (χ0v) is 10.8. The van der Waals surface area contributed by atoms with Gasteiger partial charge in [0, 0.05) is 30.8 Å². The molecule has 86 valence electrons. The van der Waals surface area contributed by atoms with Gasteiger partial charge in [-0.1, -0.05) is 13.8 Å². The van der Waals surface area contributed by atoms with E-state index in [1.165, 1.54) is 18.6 Å². The Kier molecular flexibility index (Phi) is 10.0. The Hall–Kier alpha value is 0.270. The quantitative estimate of drug-likeness (QED) is 0.602. The highest BCUT2D eigenvalue weighted by atomic mass is 32.2. The molecule has 0 amide bonds. The predicted octanol–water partition coefficient (Wildman–Crippen LogP) is 2.53. The van der Waals surface area contributed by atoms with Crippen molar-refractivity contribution in [3.05, 3.63) is 0 Å². The average molecular weight is 219 g/mol. The molecular weight excluding hydrogens is 194 g/mol. The fraction of sp³-hybridized carbons (Fsp3) is 1.00. The topological polar surface area (TPSA) is 21.3 Å². The highest BCUT2D eigenvalue weighted by molar-refractivity contribution is 7.99. The second-order valence-electron chi connectivity index (χ2n) is 3.67. The Labute approximate surface area is 93.2 Å². The monoisotopic (exact) mass is 219 g/mol. The van der Waals surface area contributed by atoms with E-state index in [1.54, 1.807) is 7.11 Å². The summed E-state index contributed by atoms with van der Waals surface area (Å²) in [5.74, 6) is 1.22. The minimum atomic E-state index is 0.643. The Morgan fingerprint density at radius 1 is 1.43 bits per heavy atom. The van der Waals surface area contributed by atoms with Crippen LogP contribution < -0.4 is 5.32 Å². The number of hydrogen-bond donors (Lipinski definition) is 1. The molecule has 0 aliphatic carbocycles. The third kappa shape index (κ3) is 7.65. The maximum atomic E-state index is 5.05. The lowest BCUT2D eigenvalue weighted by molar-refractivity contribution is 0.190. The molecule has 14 heavy (non-hydrogen) atoms. The van der Waals surface area contributed by atoms with Crippen LogP contribution in [0.15, 0.2) is 0 Å². The molecule has 2 unspecified atom stereocenters. The van der Waals surface area contributed by atoms with Crippen molar-refractivity contribution >= 4 is 11.8 Å². The Morgan fingerprint density at radius 3 is 2.64 bits per heavy atom. The van der Waals surface area contributed by atoms with Gasteiger partial charge < -0.3 is 10.1 Å². The molecule has 0 aromatic carbocycles. The lowest BCUT2D eigenvalue weighted by Gasteiger charge is -2.17. The van der Waals surface area contributed by atoms with Gasteiger partial charge in [-0.05, 0) is 26.3 Å². The zero-order chi connectivity index (χ0) is 10.8. The molecule has 0 heterocycles. The second kappa shape index (κ2) is 9.81. The van der Waals surface area contributed by atoms with Crippen LogP contribution in [0.25, 0.3) is 0 Å². The highest BCUT2D eigenvalue weighted by Gasteiger charge is 2.07. The minimum absolute atomic E-state index is 0.643. The summed E-state index contributed by atoms with van der Waals surface area (Å²) in [6.07, 6.45) is 3.63. The van der Waals surface area contributed by atoms with Gasteiger partial charge in [0.25, 0.3) is 0 Å². The number of thioether (sulfide) groups is 1. The first-order valence-electron chi connectivity index (χ1n) is 5.52. The molecule has 2 nitrogen and oxygen atoms in total. The van der Waals surface area contributed by atoms with Crippen LogP contribution in [0.3, 0.4) is 0 Å². The molecule has 2 atom stereocenters. The van der Waals surface area contributed by atoms with Gasteiger partial charge >= 0.3 is 0 Å². The molecule has 0 saturated carbocycles. The van der Waals surface area contributed by atoms with Crippen molar-refractivity contribution in [3.8, 4) is 0 Å². The molecule has 3 heteroatoms. The summed E-state index contributed by atoms with van der Waals surface area (Å²) in [5, 5.41) is 4.15. The summed E-state index contributed by atoms with van der Waals surface area (Å²) < 4.78 is 5.05. The van der Waals surface area contributed by atoms with Gasteiger partial charge in [-0.25, -0.2) is 0 Å². The molecular formula is C11H25NOS. The summed E-state index contributed by atoms with van der Waals surface area (Å²) in [6.45, 7) is 5.43. The maximum absolute atomic E-state index is 5.05. The van der Waals surface area contributed by atoms with Crippen molar-refractivity contribution in [2.75, 3.05) is 26.5 Å². The van der Waals surface area contributed by atoms with Crippen molar-refractivity contribution in [1.29, 1.82) is 0 Å². The summed E-state index contributed by atoms with van der Waals surface area (Å²) in [4.78, 5) is 0. The van der Waals surface area contributed by atoms with Crippen LogP contribution in [0.2, 0.25) is 0 Å². The molecule has 0 radical (unpaired) electrons. The molecule has 0 bridgehead atoms. The first kappa shape index (κ1) is 14.3. The van der Waals surface area contributed by atoms with Crippen LogP contribution in [-0.4, -0.2) is 37.8 Å². The Morgan fingerprint density at radius 2 is 2.14 bits per heavy atom. The summed E-state index contributed by atoms with van der Waals surface area (Å²) >= 11 is 2.06. The maximum Gasteiger partial charge on any atom is 0.0462 e. The van der Waals surface area contributed by atoms with E-state index in [4.69, 9.17) is 4.74 Å². The normalized spacial score (nSPS) is 15.4. The SMILES string of the molecule is CCC(C)SCC(CCCOC)NC. The minimum Gasteiger partial charge on any atom is -0.385 e. The molecule has 0 fully saturated rings. The molecule has 0 spiro atoms. The van der Waals surface area contributed by atoms with Crippen LogP contribution in [0.1, 0.15) is 33.1 Å². The van der Waals surface area contributed by atoms with E-state index < -0.39 is 0 Å². The predicted molar refractivity (Wildman–Crippen MR) is 66.2 cm³/mol. The third-order valence-electron chi connectivity index (χ3n) is 2.47. The van der Waals surface area contributed by atoms with E-state index in [9.17, 15) is 0 Å². The number of hydrogen-bond acceptors (Lipinski definition) is 3. The first-order chi connectivity index (χ1) is 6.74. The van der Waals surface area contributed by atoms with E-state index in [0.29, 0.717) is 6.04 Å². The number of methoxy groups -OCH3 is 1. The largest absolute Gasteiger partial charge is 0.385 e. The summed E-state index contributed by atoms with van der Waals surface area (Å²) in [6, 6.07) is 0.643. The van der Waals surface area contributed by atoms with Crippen LogP contribution in [0.5, 0.6) is 0 Å². The summed E-state index contributed by atoms with van der Waals surface area (Å²) in [5.41, 5.74) is 0. The van der Waals surface area contributed by atoms with E-state index in [2.05, 4.69) is 38.0 Å². The van der Waals surface area contributed by atoms with Crippen LogP contribution in [0, 0.1) is 0 Å². The van der Waals surface area contributed by atoms with Gasteiger partial charge in [-0.3, -0.25) is 0 Å². The van der Waals surface area contributed by atoms with Gasteiger partial charge in [0.05, 0.1) is 0 Å². The summed E-state index contributed by atoms with van der Waals surface area (Å²) in [7, 11) is 3.82. The van der Waals surface area contributed by atoms with Crippen LogP contribution in [-0.2, 0) is 4.74 Å². The van der Waals surface area contributed by atoms with E-state index in [-0.39, 0.29) is 0 Å². The van der Waals surface area contributed by atoms with E-state index >= 15 is 0 Å². The van der Waals surface area contributed by atoms with E-state index in [1.807, 2.05) is 0 Å². The van der Waals surface area contributed by atoms with Crippen molar-refractivity contribution in [2.24, 2.45) is 0 Å². The van der Waals surface area contributed by atoms with Crippen molar-refractivity contribution in [1.82, 2.24) is 5.32 Å². The van der Waals surface area contributed by atoms with E-state index in [0.717, 1.165) is 18.3 Å². The van der Waals surface area contributed by atoms with Crippen molar-refractivity contribution in [3.63, 3.8) is 0 Å². The molecule has 0 aliphatic heterocycles. The fourth-order valence-corrected chi connectivity index (χ4v) is 2.31. The fourth-order valence-electron chi connectivity index (χ4n) is 1.18. The standard InChI is InChI=1S/C11H25NOS/c1-5-10(2)14-9-11(12-3)7-6-8-13-4/h10-12H,5-9H2,1-4H3. The average Bonchev–Trinajstić information content (AvgIpc) is 2.22. The van der Waals surface area contributed by atoms with Crippen LogP contribution in [0.4, 0.5) is 0 Å². The van der Waals surface area contributed by atoms with Gasteiger partial charge in [0.1, 0.15) is 0 Å². The first-order valence-corrected chi connectivity index (χ1v) is 6.57. The van der Waals surface area contributed by atoms with Gasteiger partial charge in [-0.2, -0.15) is 11.8 Å². The molecule has 0 aliphatic rings. The molecule has 1 N–H and O–H groups in total. The molecule has 0 aromatic heterocycles. The number of rotatable bonds is 9. The second-order valence-corrected chi connectivity index (χ2v) is 5.14. The molecule has 0 rings (SSSR count). The zero-order valence-electron chi connectivity index (χ0n) is 10.0. The van der Waals surface area contributed by atoms with Crippen molar-refractivity contribution in [2.45, 2.75) is 44.4 Å².